The Balaban J connectivity index is 1.44. The first-order valence-corrected chi connectivity index (χ1v) is 11.3. The summed E-state index contributed by atoms with van der Waals surface area (Å²) < 4.78 is 7.26. The van der Waals surface area contributed by atoms with Crippen molar-refractivity contribution in [1.82, 2.24) is 9.78 Å². The van der Waals surface area contributed by atoms with E-state index in [9.17, 15) is 14.9 Å². The van der Waals surface area contributed by atoms with E-state index >= 15 is 0 Å². The maximum atomic E-state index is 12.8. The van der Waals surface area contributed by atoms with Crippen LogP contribution in [0.3, 0.4) is 0 Å². The number of rotatable bonds is 8. The molecule has 0 unspecified atom stereocenters. The Morgan fingerprint density at radius 1 is 1.09 bits per heavy atom. The normalized spacial score (nSPS) is 10.7. The van der Waals surface area contributed by atoms with Gasteiger partial charge in [0.1, 0.15) is 11.6 Å². The molecule has 10 heteroatoms. The lowest BCUT2D eigenvalue weighted by molar-refractivity contribution is -0.386. The number of nitro benzene ring substituents is 1. The van der Waals surface area contributed by atoms with E-state index in [0.717, 1.165) is 11.1 Å². The number of halogens is 2. The van der Waals surface area contributed by atoms with Crippen molar-refractivity contribution in [3.05, 3.63) is 115 Å². The second-order valence-electron chi connectivity index (χ2n) is 7.79. The van der Waals surface area contributed by atoms with Gasteiger partial charge in [-0.15, -0.1) is 0 Å². The molecular formula is C25H20Cl2N4O4. The first-order chi connectivity index (χ1) is 16.8. The zero-order chi connectivity index (χ0) is 24.9. The van der Waals surface area contributed by atoms with E-state index in [4.69, 9.17) is 27.9 Å². The monoisotopic (exact) mass is 510 g/mol. The summed E-state index contributed by atoms with van der Waals surface area (Å²) in [5.74, 6) is -0.0231. The van der Waals surface area contributed by atoms with Crippen LogP contribution in [0.25, 0.3) is 0 Å². The first-order valence-electron chi connectivity index (χ1n) is 10.5. The molecule has 0 bridgehead atoms. The van der Waals surface area contributed by atoms with Crippen molar-refractivity contribution in [2.24, 2.45) is 0 Å². The third-order valence-corrected chi connectivity index (χ3v) is 5.78. The third-order valence-electron chi connectivity index (χ3n) is 5.13. The summed E-state index contributed by atoms with van der Waals surface area (Å²) in [7, 11) is 0. The number of carbonyl (C=O) groups is 1. The Kier molecular flexibility index (Phi) is 7.33. The summed E-state index contributed by atoms with van der Waals surface area (Å²) in [5.41, 5.74) is 2.55. The van der Waals surface area contributed by atoms with Crippen molar-refractivity contribution in [2.45, 2.75) is 20.1 Å². The molecule has 0 fully saturated rings. The van der Waals surface area contributed by atoms with Gasteiger partial charge in [-0.3, -0.25) is 19.6 Å². The van der Waals surface area contributed by atoms with Crippen LogP contribution in [0.15, 0.2) is 72.9 Å². The van der Waals surface area contributed by atoms with Gasteiger partial charge in [0, 0.05) is 22.8 Å². The van der Waals surface area contributed by atoms with Gasteiger partial charge in [0.25, 0.3) is 5.91 Å². The zero-order valence-electron chi connectivity index (χ0n) is 18.6. The third kappa shape index (κ3) is 5.98. The lowest BCUT2D eigenvalue weighted by Crippen LogP contribution is -2.13. The standard InChI is InChI=1S/C25H20Cl2N4O4/c1-16-9-10-23(22(11-16)31(33)34)35-15-17-5-4-7-18(12-17)25(32)28-24-21(27)14-30(29-24)13-19-6-2-3-8-20(19)26/h2-12,14H,13,15H2,1H3,(H,28,29,32). The van der Waals surface area contributed by atoms with Crippen LogP contribution < -0.4 is 10.1 Å². The number of carbonyl (C=O) groups excluding carboxylic acids is 1. The number of hydrogen-bond acceptors (Lipinski definition) is 5. The summed E-state index contributed by atoms with van der Waals surface area (Å²) >= 11 is 12.5. The quantitative estimate of drug-likeness (QED) is 0.222. The molecule has 1 amide bonds. The van der Waals surface area contributed by atoms with Gasteiger partial charge in [0.2, 0.25) is 0 Å². The predicted molar refractivity (Wildman–Crippen MR) is 134 cm³/mol. The van der Waals surface area contributed by atoms with Crippen LogP contribution in [-0.2, 0) is 13.2 Å². The molecule has 1 heterocycles. The lowest BCUT2D eigenvalue weighted by Gasteiger charge is -2.09. The molecule has 35 heavy (non-hydrogen) atoms. The number of aryl methyl sites for hydroxylation is 1. The number of nitrogens with one attached hydrogen (secondary N) is 1. The summed E-state index contributed by atoms with van der Waals surface area (Å²) in [5, 5.41) is 19.3. The summed E-state index contributed by atoms with van der Waals surface area (Å²) in [4.78, 5) is 23.6. The summed E-state index contributed by atoms with van der Waals surface area (Å²) in [6.45, 7) is 2.22. The Morgan fingerprint density at radius 3 is 2.66 bits per heavy atom. The fourth-order valence-corrected chi connectivity index (χ4v) is 3.79. The predicted octanol–water partition coefficient (Wildman–Crippen LogP) is 6.29. The van der Waals surface area contributed by atoms with Crippen LogP contribution in [-0.4, -0.2) is 20.6 Å². The van der Waals surface area contributed by atoms with Crippen molar-refractivity contribution in [3.8, 4) is 5.75 Å². The van der Waals surface area contributed by atoms with Gasteiger partial charge >= 0.3 is 5.69 Å². The first kappa shape index (κ1) is 24.3. The molecule has 0 aliphatic carbocycles. The van der Waals surface area contributed by atoms with Crippen molar-refractivity contribution in [3.63, 3.8) is 0 Å². The van der Waals surface area contributed by atoms with Crippen LogP contribution in [0.1, 0.15) is 27.0 Å². The molecular weight excluding hydrogens is 491 g/mol. The number of nitro groups is 1. The van der Waals surface area contributed by atoms with Gasteiger partial charge in [0.15, 0.2) is 11.6 Å². The zero-order valence-corrected chi connectivity index (χ0v) is 20.1. The molecule has 1 N–H and O–H groups in total. The summed E-state index contributed by atoms with van der Waals surface area (Å²) in [6, 6.07) is 18.9. The molecule has 0 radical (unpaired) electrons. The largest absolute Gasteiger partial charge is 0.482 e. The van der Waals surface area contributed by atoms with Gasteiger partial charge < -0.3 is 10.1 Å². The van der Waals surface area contributed by atoms with Gasteiger partial charge in [0.05, 0.1) is 11.5 Å². The molecule has 4 rings (SSSR count). The average molecular weight is 511 g/mol. The Hall–Kier alpha value is -3.88. The van der Waals surface area contributed by atoms with Crippen LogP contribution >= 0.6 is 23.2 Å². The Bertz CT molecular complexity index is 1400. The molecule has 0 aliphatic rings. The second-order valence-corrected chi connectivity index (χ2v) is 8.60. The van der Waals surface area contributed by atoms with E-state index in [2.05, 4.69) is 10.4 Å². The minimum atomic E-state index is -0.485. The van der Waals surface area contributed by atoms with E-state index < -0.39 is 10.8 Å². The Morgan fingerprint density at radius 2 is 1.89 bits per heavy atom. The van der Waals surface area contributed by atoms with Gasteiger partial charge in [-0.25, -0.2) is 0 Å². The molecule has 3 aromatic carbocycles. The highest BCUT2D eigenvalue weighted by molar-refractivity contribution is 6.33. The maximum absolute atomic E-state index is 12.8. The number of anilines is 1. The Labute approximate surface area is 211 Å². The van der Waals surface area contributed by atoms with Gasteiger partial charge in [-0.1, -0.05) is 59.6 Å². The van der Waals surface area contributed by atoms with Gasteiger partial charge in [-0.2, -0.15) is 5.10 Å². The fraction of sp³-hybridized carbons (Fsp3) is 0.120. The van der Waals surface area contributed by atoms with Gasteiger partial charge in [-0.05, 0) is 47.9 Å². The molecule has 0 atom stereocenters. The highest BCUT2D eigenvalue weighted by Crippen LogP contribution is 2.28. The van der Waals surface area contributed by atoms with Crippen molar-refractivity contribution >= 4 is 40.6 Å². The smallest absolute Gasteiger partial charge is 0.311 e. The number of nitrogens with zero attached hydrogens (tertiary/aromatic N) is 3. The number of aromatic nitrogens is 2. The van der Waals surface area contributed by atoms with E-state index in [0.29, 0.717) is 22.7 Å². The number of ether oxygens (including phenoxy) is 1. The van der Waals surface area contributed by atoms with Crippen molar-refractivity contribution in [1.29, 1.82) is 0 Å². The molecule has 4 aromatic rings. The molecule has 0 saturated carbocycles. The molecule has 0 saturated heterocycles. The van der Waals surface area contributed by atoms with Crippen molar-refractivity contribution in [2.75, 3.05) is 5.32 Å². The van der Waals surface area contributed by atoms with Crippen LogP contribution in [0.5, 0.6) is 5.75 Å². The molecule has 1 aromatic heterocycles. The number of hydrogen-bond donors (Lipinski definition) is 1. The summed E-state index contributed by atoms with van der Waals surface area (Å²) in [6.07, 6.45) is 1.61. The SMILES string of the molecule is Cc1ccc(OCc2cccc(C(=O)Nc3nn(Cc4ccccc4Cl)cc3Cl)c2)c([N+](=O)[O-])c1. The van der Waals surface area contributed by atoms with E-state index in [1.807, 2.05) is 18.2 Å². The lowest BCUT2D eigenvalue weighted by atomic mass is 10.1. The topological polar surface area (TPSA) is 99.3 Å². The molecule has 0 spiro atoms. The number of amides is 1. The van der Waals surface area contributed by atoms with E-state index in [1.165, 1.54) is 6.07 Å². The second kappa shape index (κ2) is 10.6. The minimum Gasteiger partial charge on any atom is -0.482 e. The number of benzene rings is 3. The van der Waals surface area contributed by atoms with Crippen LogP contribution in [0.2, 0.25) is 10.0 Å². The average Bonchev–Trinajstić information content (AvgIpc) is 3.18. The molecule has 8 nitrogen and oxygen atoms in total. The van der Waals surface area contributed by atoms with Crippen molar-refractivity contribution < 1.29 is 14.5 Å². The fourth-order valence-electron chi connectivity index (χ4n) is 3.40. The minimum absolute atomic E-state index is 0.0538. The van der Waals surface area contributed by atoms with E-state index in [-0.39, 0.29) is 28.9 Å². The van der Waals surface area contributed by atoms with Crippen LogP contribution in [0, 0.1) is 17.0 Å². The van der Waals surface area contributed by atoms with Crippen LogP contribution in [0.4, 0.5) is 11.5 Å². The highest BCUT2D eigenvalue weighted by atomic mass is 35.5. The van der Waals surface area contributed by atoms with E-state index in [1.54, 1.807) is 60.3 Å². The molecule has 178 valence electrons. The molecule has 0 aliphatic heterocycles. The highest BCUT2D eigenvalue weighted by Gasteiger charge is 2.16. The maximum Gasteiger partial charge on any atom is 0.311 e.